The van der Waals surface area contributed by atoms with Gasteiger partial charge in [-0.05, 0) is 38.0 Å². The minimum atomic E-state index is -0.291. The highest BCUT2D eigenvalue weighted by atomic mass is 16.2. The van der Waals surface area contributed by atoms with Gasteiger partial charge in [-0.15, -0.1) is 0 Å². The van der Waals surface area contributed by atoms with E-state index in [0.29, 0.717) is 12.1 Å². The second-order valence-electron chi connectivity index (χ2n) is 5.47. The van der Waals surface area contributed by atoms with Gasteiger partial charge in [0.05, 0.1) is 6.54 Å². The van der Waals surface area contributed by atoms with Gasteiger partial charge in [-0.25, -0.2) is 4.79 Å². The van der Waals surface area contributed by atoms with E-state index < -0.39 is 0 Å². The van der Waals surface area contributed by atoms with E-state index in [9.17, 15) is 9.59 Å². The molecule has 22 heavy (non-hydrogen) atoms. The number of hydrogen-bond acceptors (Lipinski definition) is 2. The lowest BCUT2D eigenvalue weighted by atomic mass is 10.1. The number of carbonyl (C=O) groups excluding carboxylic acids is 1. The number of aromatic amines is 1. The van der Waals surface area contributed by atoms with E-state index in [0.717, 1.165) is 22.4 Å². The zero-order chi connectivity index (χ0) is 16.1. The summed E-state index contributed by atoms with van der Waals surface area (Å²) in [7, 11) is 0. The first-order valence-corrected chi connectivity index (χ1v) is 7.22. The average Bonchev–Trinajstić information content (AvgIpc) is 2.44. The summed E-state index contributed by atoms with van der Waals surface area (Å²) >= 11 is 0. The van der Waals surface area contributed by atoms with Crippen molar-refractivity contribution in [2.75, 3.05) is 0 Å². The largest absolute Gasteiger partial charge is 0.334 e. The minimum Gasteiger partial charge on any atom is -0.334 e. The molecule has 5 heteroatoms. The van der Waals surface area contributed by atoms with Crippen LogP contribution < -0.4 is 16.2 Å². The molecule has 0 bridgehead atoms. The second kappa shape index (κ2) is 6.93. The van der Waals surface area contributed by atoms with Crippen LogP contribution in [0.5, 0.6) is 0 Å². The molecule has 3 N–H and O–H groups in total. The highest BCUT2D eigenvalue weighted by Gasteiger charge is 2.07. The highest BCUT2D eigenvalue weighted by molar-refractivity contribution is 5.73. The number of benzene rings is 1. The smallest absolute Gasteiger partial charge is 0.315 e. The van der Waals surface area contributed by atoms with Crippen LogP contribution in [0.4, 0.5) is 4.79 Å². The van der Waals surface area contributed by atoms with E-state index in [1.54, 1.807) is 0 Å². The van der Waals surface area contributed by atoms with E-state index in [1.165, 1.54) is 0 Å². The number of rotatable bonds is 4. The predicted molar refractivity (Wildman–Crippen MR) is 86.8 cm³/mol. The zero-order valence-electron chi connectivity index (χ0n) is 13.1. The molecule has 116 valence electrons. The van der Waals surface area contributed by atoms with Gasteiger partial charge in [-0.2, -0.15) is 0 Å². The van der Waals surface area contributed by atoms with Crippen molar-refractivity contribution in [2.45, 2.75) is 33.9 Å². The summed E-state index contributed by atoms with van der Waals surface area (Å²) in [5.74, 6) is 0. The van der Waals surface area contributed by atoms with Gasteiger partial charge in [-0.1, -0.05) is 29.8 Å². The number of carbonyl (C=O) groups is 1. The average molecular weight is 299 g/mol. The Morgan fingerprint density at radius 3 is 2.50 bits per heavy atom. The standard InChI is InChI=1S/C17H21N3O2/c1-11-5-4-6-14(7-11)9-18-17(22)19-10-15-12(2)8-13(3)20-16(15)21/h4-8H,9-10H2,1-3H3,(H,20,21)(H2,18,19,22). The van der Waals surface area contributed by atoms with Gasteiger partial charge in [0.15, 0.2) is 0 Å². The summed E-state index contributed by atoms with van der Waals surface area (Å²) in [6, 6.07) is 9.55. The fraction of sp³-hybridized carbons (Fsp3) is 0.294. The molecular weight excluding hydrogens is 278 g/mol. The molecule has 0 aliphatic heterocycles. The molecule has 0 unspecified atom stereocenters. The van der Waals surface area contributed by atoms with Gasteiger partial charge < -0.3 is 15.6 Å². The van der Waals surface area contributed by atoms with Crippen LogP contribution in [0.2, 0.25) is 0 Å². The van der Waals surface area contributed by atoms with E-state index in [4.69, 9.17) is 0 Å². The molecule has 2 amide bonds. The summed E-state index contributed by atoms with van der Waals surface area (Å²) in [5.41, 5.74) is 4.31. The SMILES string of the molecule is Cc1cccc(CNC(=O)NCc2c(C)cc(C)[nH]c2=O)c1. The summed E-state index contributed by atoms with van der Waals surface area (Å²) < 4.78 is 0. The summed E-state index contributed by atoms with van der Waals surface area (Å²) in [6.45, 7) is 6.37. The van der Waals surface area contributed by atoms with Gasteiger partial charge in [0, 0.05) is 17.8 Å². The Labute approximate surface area is 129 Å². The first kappa shape index (κ1) is 15.8. The van der Waals surface area contributed by atoms with Gasteiger partial charge in [-0.3, -0.25) is 4.79 Å². The maximum Gasteiger partial charge on any atom is 0.315 e. The Morgan fingerprint density at radius 2 is 1.82 bits per heavy atom. The van der Waals surface area contributed by atoms with Crippen molar-refractivity contribution in [3.05, 3.63) is 68.6 Å². The molecule has 0 aliphatic carbocycles. The number of aryl methyl sites for hydroxylation is 3. The molecule has 0 radical (unpaired) electrons. The molecule has 2 rings (SSSR count). The maximum absolute atomic E-state index is 11.9. The third-order valence-electron chi connectivity index (χ3n) is 3.46. The lowest BCUT2D eigenvalue weighted by molar-refractivity contribution is 0.240. The Hall–Kier alpha value is -2.56. The molecule has 1 aromatic heterocycles. The summed E-state index contributed by atoms with van der Waals surface area (Å²) in [6.07, 6.45) is 0. The molecule has 1 heterocycles. The van der Waals surface area contributed by atoms with Gasteiger partial charge in [0.1, 0.15) is 0 Å². The zero-order valence-corrected chi connectivity index (χ0v) is 13.1. The van der Waals surface area contributed by atoms with Crippen molar-refractivity contribution in [2.24, 2.45) is 0 Å². The molecule has 5 nitrogen and oxygen atoms in total. The van der Waals surface area contributed by atoms with Gasteiger partial charge in [0.25, 0.3) is 5.56 Å². The summed E-state index contributed by atoms with van der Waals surface area (Å²) in [5, 5.41) is 5.50. The Balaban J connectivity index is 1.90. The fourth-order valence-corrected chi connectivity index (χ4v) is 2.34. The number of nitrogens with one attached hydrogen (secondary N) is 3. The van der Waals surface area contributed by atoms with Crippen LogP contribution in [0.25, 0.3) is 0 Å². The third kappa shape index (κ3) is 4.22. The molecule has 0 atom stereocenters. The van der Waals surface area contributed by atoms with E-state index in [-0.39, 0.29) is 18.1 Å². The Kier molecular flexibility index (Phi) is 4.99. The molecule has 2 aromatic rings. The monoisotopic (exact) mass is 299 g/mol. The fourth-order valence-electron chi connectivity index (χ4n) is 2.34. The van der Waals surface area contributed by atoms with Crippen molar-refractivity contribution in [1.82, 2.24) is 15.6 Å². The predicted octanol–water partition coefficient (Wildman–Crippen LogP) is 2.30. The highest BCUT2D eigenvalue weighted by Crippen LogP contribution is 2.04. The van der Waals surface area contributed by atoms with Gasteiger partial charge in [0.2, 0.25) is 0 Å². The van der Waals surface area contributed by atoms with E-state index in [2.05, 4.69) is 15.6 Å². The van der Waals surface area contributed by atoms with Gasteiger partial charge >= 0.3 is 6.03 Å². The van der Waals surface area contributed by atoms with E-state index in [1.807, 2.05) is 51.1 Å². The molecule has 0 saturated heterocycles. The lowest BCUT2D eigenvalue weighted by Crippen LogP contribution is -2.36. The normalized spacial score (nSPS) is 10.3. The van der Waals surface area contributed by atoms with Crippen LogP contribution in [-0.2, 0) is 13.1 Å². The maximum atomic E-state index is 11.9. The van der Waals surface area contributed by atoms with Crippen LogP contribution in [0.15, 0.2) is 35.1 Å². The topological polar surface area (TPSA) is 74.0 Å². The van der Waals surface area contributed by atoms with Crippen LogP contribution >= 0.6 is 0 Å². The molecular formula is C17H21N3O2. The van der Waals surface area contributed by atoms with Crippen LogP contribution in [0.1, 0.15) is 27.9 Å². The number of pyridine rings is 1. The molecule has 1 aromatic carbocycles. The van der Waals surface area contributed by atoms with Crippen LogP contribution in [0, 0.1) is 20.8 Å². The van der Waals surface area contributed by atoms with E-state index >= 15 is 0 Å². The number of H-pyrrole nitrogens is 1. The minimum absolute atomic E-state index is 0.156. The van der Waals surface area contributed by atoms with Crippen molar-refractivity contribution in [3.8, 4) is 0 Å². The number of hydrogen-bond donors (Lipinski definition) is 3. The Morgan fingerprint density at radius 1 is 1.09 bits per heavy atom. The summed E-state index contributed by atoms with van der Waals surface area (Å²) in [4.78, 5) is 26.4. The molecule has 0 aliphatic rings. The van der Waals surface area contributed by atoms with Crippen molar-refractivity contribution < 1.29 is 4.79 Å². The quantitative estimate of drug-likeness (QED) is 0.810. The molecule has 0 fully saturated rings. The van der Waals surface area contributed by atoms with Crippen LogP contribution in [0.3, 0.4) is 0 Å². The molecule has 0 spiro atoms. The number of aromatic nitrogens is 1. The number of amides is 2. The third-order valence-corrected chi connectivity index (χ3v) is 3.46. The first-order valence-electron chi connectivity index (χ1n) is 7.22. The first-order chi connectivity index (χ1) is 10.5. The molecule has 0 saturated carbocycles. The van der Waals surface area contributed by atoms with Crippen molar-refractivity contribution in [1.29, 1.82) is 0 Å². The Bertz CT molecular complexity index is 735. The van der Waals surface area contributed by atoms with Crippen molar-refractivity contribution >= 4 is 6.03 Å². The van der Waals surface area contributed by atoms with Crippen LogP contribution in [-0.4, -0.2) is 11.0 Å². The second-order valence-corrected chi connectivity index (χ2v) is 5.47. The van der Waals surface area contributed by atoms with Crippen molar-refractivity contribution in [3.63, 3.8) is 0 Å². The lowest BCUT2D eigenvalue weighted by Gasteiger charge is -2.10. The number of urea groups is 1.